The fourth-order valence-corrected chi connectivity index (χ4v) is 3.14. The molecule has 1 aromatic heterocycles. The summed E-state index contributed by atoms with van der Waals surface area (Å²) in [6, 6.07) is 6.67. The molecular weight excluding hydrogens is 344 g/mol. The number of aryl methyl sites for hydroxylation is 2. The number of amides is 2. The Hall–Kier alpha value is -1.93. The second-order valence-corrected chi connectivity index (χ2v) is 7.46. The molecule has 0 spiro atoms. The molecule has 128 valence electrons. The molecule has 2 amide bonds. The van der Waals surface area contributed by atoms with E-state index in [0.29, 0.717) is 17.1 Å². The van der Waals surface area contributed by atoms with Gasteiger partial charge in [-0.2, -0.15) is 11.8 Å². The second-order valence-electron chi connectivity index (χ2n) is 5.29. The average molecular weight is 364 g/mol. The predicted molar refractivity (Wildman–Crippen MR) is 98.7 cm³/mol. The van der Waals surface area contributed by atoms with Crippen molar-refractivity contribution in [3.63, 3.8) is 0 Å². The van der Waals surface area contributed by atoms with Crippen molar-refractivity contribution in [1.29, 1.82) is 0 Å². The number of aromatic nitrogens is 2. The summed E-state index contributed by atoms with van der Waals surface area (Å²) in [7, 11) is 0. The van der Waals surface area contributed by atoms with Crippen LogP contribution in [0.4, 0.5) is 5.13 Å². The summed E-state index contributed by atoms with van der Waals surface area (Å²) in [6.07, 6.45) is 2.51. The number of carbonyl (C=O) groups excluding carboxylic acids is 2. The summed E-state index contributed by atoms with van der Waals surface area (Å²) in [6.45, 7) is 3.74. The molecule has 6 nitrogen and oxygen atoms in total. The maximum Gasteiger partial charge on any atom is 0.251 e. The third kappa shape index (κ3) is 5.31. The summed E-state index contributed by atoms with van der Waals surface area (Å²) in [5.74, 6) is 0.232. The number of benzene rings is 1. The lowest BCUT2D eigenvalue weighted by atomic mass is 10.1. The molecule has 1 heterocycles. The van der Waals surface area contributed by atoms with Crippen molar-refractivity contribution in [2.75, 3.05) is 17.3 Å². The first kappa shape index (κ1) is 18.4. The predicted octanol–water partition coefficient (Wildman–Crippen LogP) is 2.65. The van der Waals surface area contributed by atoms with Gasteiger partial charge in [-0.25, -0.2) is 0 Å². The zero-order valence-corrected chi connectivity index (χ0v) is 15.5. The monoisotopic (exact) mass is 364 g/mol. The van der Waals surface area contributed by atoms with Crippen molar-refractivity contribution in [2.24, 2.45) is 0 Å². The van der Waals surface area contributed by atoms with E-state index in [-0.39, 0.29) is 11.8 Å². The highest BCUT2D eigenvalue weighted by molar-refractivity contribution is 7.98. The lowest BCUT2D eigenvalue weighted by Gasteiger charge is -2.17. The van der Waals surface area contributed by atoms with Gasteiger partial charge in [0.1, 0.15) is 11.0 Å². The van der Waals surface area contributed by atoms with Crippen LogP contribution in [0.1, 0.15) is 27.3 Å². The third-order valence-corrected chi connectivity index (χ3v) is 4.67. The highest BCUT2D eigenvalue weighted by Crippen LogP contribution is 2.15. The molecule has 0 aliphatic rings. The van der Waals surface area contributed by atoms with Gasteiger partial charge in [-0.3, -0.25) is 14.9 Å². The van der Waals surface area contributed by atoms with E-state index < -0.39 is 6.04 Å². The Morgan fingerprint density at radius 1 is 1.29 bits per heavy atom. The summed E-state index contributed by atoms with van der Waals surface area (Å²) >= 11 is 2.93. The lowest BCUT2D eigenvalue weighted by Crippen LogP contribution is -2.44. The van der Waals surface area contributed by atoms with Crippen LogP contribution in [0.2, 0.25) is 0 Å². The average Bonchev–Trinajstić information content (AvgIpc) is 2.96. The normalized spacial score (nSPS) is 11.8. The molecule has 1 atom stereocenters. The highest BCUT2D eigenvalue weighted by Gasteiger charge is 2.22. The molecule has 24 heavy (non-hydrogen) atoms. The third-order valence-electron chi connectivity index (χ3n) is 3.27. The first-order chi connectivity index (χ1) is 11.5. The zero-order valence-electron chi connectivity index (χ0n) is 13.8. The first-order valence-corrected chi connectivity index (χ1v) is 9.68. The SMILES string of the molecule is CSCC[C@@H](NC(=O)c1cccc(C)c1)C(=O)Nc1nnc(C)s1. The number of nitrogens with zero attached hydrogens (tertiary/aromatic N) is 2. The van der Waals surface area contributed by atoms with Gasteiger partial charge < -0.3 is 5.32 Å². The van der Waals surface area contributed by atoms with E-state index in [1.807, 2.05) is 32.2 Å². The molecule has 0 saturated carbocycles. The van der Waals surface area contributed by atoms with Crippen molar-refractivity contribution in [1.82, 2.24) is 15.5 Å². The van der Waals surface area contributed by atoms with Gasteiger partial charge in [0.25, 0.3) is 5.91 Å². The Bertz CT molecular complexity index is 718. The number of carbonyl (C=O) groups is 2. The van der Waals surface area contributed by atoms with Crippen molar-refractivity contribution in [3.8, 4) is 0 Å². The Labute approximate surface area is 149 Å². The Kier molecular flexibility index (Phi) is 6.74. The molecule has 2 N–H and O–H groups in total. The van der Waals surface area contributed by atoms with Crippen molar-refractivity contribution in [2.45, 2.75) is 26.3 Å². The molecular formula is C16H20N4O2S2. The van der Waals surface area contributed by atoms with Crippen LogP contribution in [0.3, 0.4) is 0 Å². The van der Waals surface area contributed by atoms with E-state index in [4.69, 9.17) is 0 Å². The Balaban J connectivity index is 2.06. The van der Waals surface area contributed by atoms with Crippen LogP contribution in [-0.4, -0.2) is 40.1 Å². The lowest BCUT2D eigenvalue weighted by molar-refractivity contribution is -0.118. The fraction of sp³-hybridized carbons (Fsp3) is 0.375. The van der Waals surface area contributed by atoms with Gasteiger partial charge in [0, 0.05) is 5.56 Å². The number of thioether (sulfide) groups is 1. The summed E-state index contributed by atoms with van der Waals surface area (Å²) in [5, 5.41) is 14.5. The maximum atomic E-state index is 12.5. The van der Waals surface area contributed by atoms with Crippen LogP contribution in [0, 0.1) is 13.8 Å². The molecule has 0 unspecified atom stereocenters. The van der Waals surface area contributed by atoms with Crippen LogP contribution in [-0.2, 0) is 4.79 Å². The van der Waals surface area contributed by atoms with E-state index >= 15 is 0 Å². The Morgan fingerprint density at radius 3 is 2.71 bits per heavy atom. The van der Waals surface area contributed by atoms with Crippen LogP contribution >= 0.6 is 23.1 Å². The summed E-state index contributed by atoms with van der Waals surface area (Å²) in [5.41, 5.74) is 1.54. The fourth-order valence-electron chi connectivity index (χ4n) is 2.07. The van der Waals surface area contributed by atoms with Gasteiger partial charge in [-0.1, -0.05) is 29.0 Å². The van der Waals surface area contributed by atoms with Crippen LogP contribution < -0.4 is 10.6 Å². The molecule has 2 rings (SSSR count). The van der Waals surface area contributed by atoms with Gasteiger partial charge in [0.2, 0.25) is 11.0 Å². The topological polar surface area (TPSA) is 84.0 Å². The van der Waals surface area contributed by atoms with Crippen molar-refractivity contribution >= 4 is 40.0 Å². The maximum absolute atomic E-state index is 12.5. The summed E-state index contributed by atoms with van der Waals surface area (Å²) in [4.78, 5) is 24.9. The largest absolute Gasteiger partial charge is 0.340 e. The van der Waals surface area contributed by atoms with Crippen molar-refractivity contribution < 1.29 is 9.59 Å². The number of hydrogen-bond donors (Lipinski definition) is 2. The van der Waals surface area contributed by atoms with E-state index in [0.717, 1.165) is 16.3 Å². The van der Waals surface area contributed by atoms with Crippen LogP contribution in [0.25, 0.3) is 0 Å². The van der Waals surface area contributed by atoms with E-state index in [1.54, 1.807) is 23.9 Å². The molecule has 2 aromatic rings. The van der Waals surface area contributed by atoms with Gasteiger partial charge in [-0.05, 0) is 44.4 Å². The molecule has 8 heteroatoms. The molecule has 0 aliphatic heterocycles. The standard InChI is InChI=1S/C16H20N4O2S2/c1-10-5-4-6-12(9-10)14(21)17-13(7-8-23-3)15(22)18-16-20-19-11(2)24-16/h4-6,9,13H,7-8H2,1-3H3,(H,17,21)(H,18,20,22)/t13-/m1/s1. The summed E-state index contributed by atoms with van der Waals surface area (Å²) < 4.78 is 0. The molecule has 0 saturated heterocycles. The van der Waals surface area contributed by atoms with Gasteiger partial charge in [0.05, 0.1) is 0 Å². The number of nitrogens with one attached hydrogen (secondary N) is 2. The Morgan fingerprint density at radius 2 is 2.08 bits per heavy atom. The minimum absolute atomic E-state index is 0.256. The van der Waals surface area contributed by atoms with E-state index in [9.17, 15) is 9.59 Å². The minimum atomic E-state index is -0.616. The van der Waals surface area contributed by atoms with E-state index in [1.165, 1.54) is 11.3 Å². The van der Waals surface area contributed by atoms with Gasteiger partial charge in [-0.15, -0.1) is 10.2 Å². The van der Waals surface area contributed by atoms with Crippen molar-refractivity contribution in [3.05, 3.63) is 40.4 Å². The second kappa shape index (κ2) is 8.79. The number of hydrogen-bond acceptors (Lipinski definition) is 6. The van der Waals surface area contributed by atoms with Crippen LogP contribution in [0.15, 0.2) is 24.3 Å². The number of anilines is 1. The van der Waals surface area contributed by atoms with Gasteiger partial charge in [0.15, 0.2) is 0 Å². The number of rotatable bonds is 7. The highest BCUT2D eigenvalue weighted by atomic mass is 32.2. The van der Waals surface area contributed by atoms with Gasteiger partial charge >= 0.3 is 0 Å². The molecule has 0 fully saturated rings. The molecule has 0 radical (unpaired) electrons. The minimum Gasteiger partial charge on any atom is -0.340 e. The van der Waals surface area contributed by atoms with E-state index in [2.05, 4.69) is 20.8 Å². The molecule has 1 aromatic carbocycles. The van der Waals surface area contributed by atoms with Crippen LogP contribution in [0.5, 0.6) is 0 Å². The quantitative estimate of drug-likeness (QED) is 0.789. The molecule has 0 bridgehead atoms. The molecule has 0 aliphatic carbocycles. The zero-order chi connectivity index (χ0) is 17.5. The smallest absolute Gasteiger partial charge is 0.251 e. The first-order valence-electron chi connectivity index (χ1n) is 7.47.